The summed E-state index contributed by atoms with van der Waals surface area (Å²) in [5.74, 6) is 0.691. The van der Waals surface area contributed by atoms with E-state index in [1.165, 1.54) is 6.42 Å². The van der Waals surface area contributed by atoms with Gasteiger partial charge < -0.3 is 10.5 Å². The molecular weight excluding hydrogens is 176 g/mol. The van der Waals surface area contributed by atoms with Crippen LogP contribution < -0.4 is 10.5 Å². The third kappa shape index (κ3) is 1.38. The Bertz CT molecular complexity index is 345. The number of aromatic nitrogens is 1. The summed E-state index contributed by atoms with van der Waals surface area (Å²) in [5.41, 5.74) is 8.28. The van der Waals surface area contributed by atoms with Gasteiger partial charge in [-0.05, 0) is 37.8 Å². The predicted molar refractivity (Wildman–Crippen MR) is 55.2 cm³/mol. The topological polar surface area (TPSA) is 48.1 Å². The second kappa shape index (κ2) is 3.24. The van der Waals surface area contributed by atoms with Gasteiger partial charge in [0.2, 0.25) is 5.88 Å². The Morgan fingerprint density at radius 1 is 1.50 bits per heavy atom. The van der Waals surface area contributed by atoms with E-state index in [0.717, 1.165) is 24.0 Å². The number of aryl methyl sites for hydroxylation is 1. The fraction of sp³-hybridized carbons (Fsp3) is 0.545. The van der Waals surface area contributed by atoms with Crippen LogP contribution in [-0.2, 0) is 5.54 Å². The highest BCUT2D eigenvalue weighted by Crippen LogP contribution is 2.39. The predicted octanol–water partition coefficient (Wildman–Crippen LogP) is 1.74. The van der Waals surface area contributed by atoms with Crippen molar-refractivity contribution >= 4 is 0 Å². The lowest BCUT2D eigenvalue weighted by atomic mass is 9.73. The molecule has 3 nitrogen and oxygen atoms in total. The van der Waals surface area contributed by atoms with Crippen LogP contribution in [0.4, 0.5) is 0 Å². The van der Waals surface area contributed by atoms with Gasteiger partial charge in [-0.15, -0.1) is 0 Å². The zero-order valence-corrected chi connectivity index (χ0v) is 8.71. The highest BCUT2D eigenvalue weighted by atomic mass is 16.5. The number of nitrogens with two attached hydrogens (primary N) is 1. The van der Waals surface area contributed by atoms with Crippen LogP contribution >= 0.6 is 0 Å². The highest BCUT2D eigenvalue weighted by molar-refractivity contribution is 5.33. The zero-order chi connectivity index (χ0) is 10.2. The highest BCUT2D eigenvalue weighted by Gasteiger charge is 2.34. The summed E-state index contributed by atoms with van der Waals surface area (Å²) >= 11 is 0. The van der Waals surface area contributed by atoms with Gasteiger partial charge in [0.15, 0.2) is 0 Å². The SMILES string of the molecule is COc1ncc(C2(N)CCC2)cc1C. The van der Waals surface area contributed by atoms with E-state index in [1.54, 1.807) is 7.11 Å². The van der Waals surface area contributed by atoms with Gasteiger partial charge in [-0.2, -0.15) is 0 Å². The van der Waals surface area contributed by atoms with Crippen molar-refractivity contribution in [3.63, 3.8) is 0 Å². The minimum atomic E-state index is -0.121. The summed E-state index contributed by atoms with van der Waals surface area (Å²) in [6.07, 6.45) is 5.20. The van der Waals surface area contributed by atoms with E-state index in [-0.39, 0.29) is 5.54 Å². The molecule has 0 unspecified atom stereocenters. The van der Waals surface area contributed by atoms with E-state index in [2.05, 4.69) is 11.1 Å². The van der Waals surface area contributed by atoms with E-state index < -0.39 is 0 Å². The quantitative estimate of drug-likeness (QED) is 0.776. The fourth-order valence-corrected chi connectivity index (χ4v) is 1.89. The maximum absolute atomic E-state index is 6.20. The molecule has 0 radical (unpaired) electrons. The van der Waals surface area contributed by atoms with Gasteiger partial charge in [0.05, 0.1) is 7.11 Å². The molecule has 14 heavy (non-hydrogen) atoms. The number of methoxy groups -OCH3 is 1. The van der Waals surface area contributed by atoms with Crippen molar-refractivity contribution in [1.29, 1.82) is 0 Å². The largest absolute Gasteiger partial charge is 0.481 e. The summed E-state index contributed by atoms with van der Waals surface area (Å²) in [6.45, 7) is 2.00. The lowest BCUT2D eigenvalue weighted by Crippen LogP contribution is -2.43. The Kier molecular flexibility index (Phi) is 2.19. The molecule has 0 spiro atoms. The summed E-state index contributed by atoms with van der Waals surface area (Å²) in [4.78, 5) is 4.24. The van der Waals surface area contributed by atoms with Crippen LogP contribution in [-0.4, -0.2) is 12.1 Å². The molecule has 0 bridgehead atoms. The van der Waals surface area contributed by atoms with Gasteiger partial charge >= 0.3 is 0 Å². The van der Waals surface area contributed by atoms with Gasteiger partial charge in [-0.25, -0.2) is 4.98 Å². The molecule has 1 aliphatic rings. The van der Waals surface area contributed by atoms with E-state index in [1.807, 2.05) is 13.1 Å². The zero-order valence-electron chi connectivity index (χ0n) is 8.71. The number of pyridine rings is 1. The Hall–Kier alpha value is -1.09. The minimum Gasteiger partial charge on any atom is -0.481 e. The van der Waals surface area contributed by atoms with Crippen LogP contribution in [0.1, 0.15) is 30.4 Å². The molecule has 1 heterocycles. The monoisotopic (exact) mass is 192 g/mol. The third-order valence-electron chi connectivity index (χ3n) is 3.04. The molecule has 2 rings (SSSR count). The van der Waals surface area contributed by atoms with Crippen LogP contribution in [0.15, 0.2) is 12.3 Å². The standard InChI is InChI=1S/C11H16N2O/c1-8-6-9(7-13-10(8)14-2)11(12)4-3-5-11/h6-7H,3-5,12H2,1-2H3. The first-order valence-corrected chi connectivity index (χ1v) is 4.96. The second-order valence-corrected chi connectivity index (χ2v) is 4.06. The molecule has 0 aliphatic heterocycles. The van der Waals surface area contributed by atoms with Gasteiger partial charge in [0.25, 0.3) is 0 Å². The van der Waals surface area contributed by atoms with Gasteiger partial charge in [-0.1, -0.05) is 0 Å². The summed E-state index contributed by atoms with van der Waals surface area (Å²) in [7, 11) is 1.64. The molecule has 0 amide bonds. The van der Waals surface area contributed by atoms with Gasteiger partial charge in [-0.3, -0.25) is 0 Å². The smallest absolute Gasteiger partial charge is 0.215 e. The van der Waals surface area contributed by atoms with Crippen LogP contribution in [0.5, 0.6) is 5.88 Å². The van der Waals surface area contributed by atoms with Crippen LogP contribution in [0.2, 0.25) is 0 Å². The molecule has 0 aromatic carbocycles. The number of rotatable bonds is 2. The van der Waals surface area contributed by atoms with Crippen LogP contribution in [0.25, 0.3) is 0 Å². The van der Waals surface area contributed by atoms with Gasteiger partial charge in [0.1, 0.15) is 0 Å². The molecule has 1 aliphatic carbocycles. The summed E-state index contributed by atoms with van der Waals surface area (Å²) in [5, 5.41) is 0. The van der Waals surface area contributed by atoms with Crippen molar-refractivity contribution in [2.75, 3.05) is 7.11 Å². The Morgan fingerprint density at radius 2 is 2.21 bits per heavy atom. The van der Waals surface area contributed by atoms with Crippen molar-refractivity contribution in [2.45, 2.75) is 31.7 Å². The minimum absolute atomic E-state index is 0.121. The van der Waals surface area contributed by atoms with Crippen molar-refractivity contribution in [3.05, 3.63) is 23.4 Å². The number of nitrogens with zero attached hydrogens (tertiary/aromatic N) is 1. The number of hydrogen-bond donors (Lipinski definition) is 1. The molecule has 0 saturated heterocycles. The van der Waals surface area contributed by atoms with Gasteiger partial charge in [0, 0.05) is 17.3 Å². The molecular formula is C11H16N2O. The molecule has 1 aromatic heterocycles. The molecule has 76 valence electrons. The van der Waals surface area contributed by atoms with Crippen LogP contribution in [0.3, 0.4) is 0 Å². The first-order chi connectivity index (χ1) is 6.65. The van der Waals surface area contributed by atoms with Crippen molar-refractivity contribution < 1.29 is 4.74 Å². The first-order valence-electron chi connectivity index (χ1n) is 4.96. The second-order valence-electron chi connectivity index (χ2n) is 4.06. The Labute approximate surface area is 84.3 Å². The first kappa shape index (κ1) is 9.46. The molecule has 0 atom stereocenters. The Morgan fingerprint density at radius 3 is 2.64 bits per heavy atom. The molecule has 3 heteroatoms. The van der Waals surface area contributed by atoms with Crippen molar-refractivity contribution in [2.24, 2.45) is 5.73 Å². The third-order valence-corrected chi connectivity index (χ3v) is 3.04. The normalized spacial score (nSPS) is 18.8. The summed E-state index contributed by atoms with van der Waals surface area (Å²) in [6, 6.07) is 2.09. The maximum Gasteiger partial charge on any atom is 0.215 e. The molecule has 1 aromatic rings. The van der Waals surface area contributed by atoms with E-state index in [4.69, 9.17) is 10.5 Å². The van der Waals surface area contributed by atoms with Crippen LogP contribution in [0, 0.1) is 6.92 Å². The average Bonchev–Trinajstić information content (AvgIpc) is 2.14. The fourth-order valence-electron chi connectivity index (χ4n) is 1.89. The van der Waals surface area contributed by atoms with E-state index in [0.29, 0.717) is 5.88 Å². The van der Waals surface area contributed by atoms with E-state index >= 15 is 0 Å². The molecule has 2 N–H and O–H groups in total. The maximum atomic E-state index is 6.20. The Balaban J connectivity index is 2.32. The van der Waals surface area contributed by atoms with Crippen molar-refractivity contribution in [3.8, 4) is 5.88 Å². The lowest BCUT2D eigenvalue weighted by molar-refractivity contribution is 0.252. The molecule has 1 fully saturated rings. The average molecular weight is 192 g/mol. The van der Waals surface area contributed by atoms with Crippen molar-refractivity contribution in [1.82, 2.24) is 4.98 Å². The summed E-state index contributed by atoms with van der Waals surface area (Å²) < 4.78 is 5.11. The molecule has 1 saturated carbocycles. The lowest BCUT2D eigenvalue weighted by Gasteiger charge is -2.38. The number of ether oxygens (including phenoxy) is 1. The van der Waals surface area contributed by atoms with E-state index in [9.17, 15) is 0 Å². The number of hydrogen-bond acceptors (Lipinski definition) is 3.